The van der Waals surface area contributed by atoms with Crippen molar-refractivity contribution in [3.63, 3.8) is 0 Å². The van der Waals surface area contributed by atoms with Crippen molar-refractivity contribution >= 4 is 5.97 Å². The summed E-state index contributed by atoms with van der Waals surface area (Å²) < 4.78 is 11.0. The molecule has 0 amide bonds. The van der Waals surface area contributed by atoms with E-state index in [2.05, 4.69) is 9.97 Å². The molecule has 2 aromatic rings. The maximum absolute atomic E-state index is 12.0. The van der Waals surface area contributed by atoms with Gasteiger partial charge in [0.05, 0.1) is 12.8 Å². The van der Waals surface area contributed by atoms with E-state index in [4.69, 9.17) is 9.47 Å². The number of hydrogen-bond acceptors (Lipinski definition) is 5. The molecule has 24 heavy (non-hydrogen) atoms. The highest BCUT2D eigenvalue weighted by Crippen LogP contribution is 2.29. The highest BCUT2D eigenvalue weighted by atomic mass is 16.5. The molecule has 0 saturated heterocycles. The molecule has 0 spiro atoms. The van der Waals surface area contributed by atoms with Gasteiger partial charge in [0.2, 0.25) is 0 Å². The van der Waals surface area contributed by atoms with E-state index in [0.717, 1.165) is 18.4 Å². The minimum atomic E-state index is -0.314. The van der Waals surface area contributed by atoms with Crippen molar-refractivity contribution in [2.24, 2.45) is 5.92 Å². The molecule has 1 unspecified atom stereocenters. The van der Waals surface area contributed by atoms with Crippen LogP contribution in [0.15, 0.2) is 36.5 Å². The predicted octanol–water partition coefficient (Wildman–Crippen LogP) is 4.27. The molecule has 0 fully saturated rings. The van der Waals surface area contributed by atoms with E-state index in [1.165, 1.54) is 0 Å². The van der Waals surface area contributed by atoms with Crippen LogP contribution in [0.4, 0.5) is 0 Å². The smallest absolute Gasteiger partial charge is 0.325 e. The van der Waals surface area contributed by atoms with Crippen LogP contribution in [-0.4, -0.2) is 22.5 Å². The molecular weight excluding hydrogens is 304 g/mol. The molecule has 0 aliphatic carbocycles. The van der Waals surface area contributed by atoms with Gasteiger partial charge in [-0.2, -0.15) is 9.97 Å². The summed E-state index contributed by atoms with van der Waals surface area (Å²) in [5, 5.41) is 0. The lowest BCUT2D eigenvalue weighted by Crippen LogP contribution is -2.14. The number of esters is 1. The van der Waals surface area contributed by atoms with Gasteiger partial charge in [-0.1, -0.05) is 57.5 Å². The monoisotopic (exact) mass is 328 g/mol. The molecule has 0 aliphatic heterocycles. The average Bonchev–Trinajstić information content (AvgIpc) is 2.61. The quantitative estimate of drug-likeness (QED) is 0.677. The maximum atomic E-state index is 12.0. The van der Waals surface area contributed by atoms with E-state index < -0.39 is 0 Å². The van der Waals surface area contributed by atoms with Crippen LogP contribution in [0.1, 0.15) is 40.0 Å². The van der Waals surface area contributed by atoms with Crippen molar-refractivity contribution in [2.45, 2.75) is 40.0 Å². The van der Waals surface area contributed by atoms with E-state index in [1.54, 1.807) is 6.20 Å². The zero-order chi connectivity index (χ0) is 17.4. The molecule has 5 nitrogen and oxygen atoms in total. The standard InChI is InChI=1S/C19H24N2O3/c1-4-11-23-16-13-20-19(24-17(22)12-14(3)5-2)21-18(16)15-9-7-6-8-10-15/h6-10,13-14H,4-5,11-12H2,1-3H3. The van der Waals surface area contributed by atoms with Crippen LogP contribution in [0.5, 0.6) is 11.8 Å². The fraction of sp³-hybridized carbons (Fsp3) is 0.421. The fourth-order valence-corrected chi connectivity index (χ4v) is 2.10. The minimum absolute atomic E-state index is 0.0611. The Morgan fingerprint density at radius 3 is 2.62 bits per heavy atom. The molecule has 128 valence electrons. The van der Waals surface area contributed by atoms with Crippen LogP contribution in [-0.2, 0) is 4.79 Å². The van der Waals surface area contributed by atoms with Gasteiger partial charge in [0, 0.05) is 12.0 Å². The molecule has 5 heteroatoms. The Bertz CT molecular complexity index is 659. The summed E-state index contributed by atoms with van der Waals surface area (Å²) in [7, 11) is 0. The molecule has 2 rings (SSSR count). The highest BCUT2D eigenvalue weighted by Gasteiger charge is 2.15. The number of hydrogen-bond donors (Lipinski definition) is 0. The zero-order valence-electron chi connectivity index (χ0n) is 14.5. The van der Waals surface area contributed by atoms with Crippen molar-refractivity contribution in [2.75, 3.05) is 6.61 Å². The van der Waals surface area contributed by atoms with Crippen LogP contribution in [0.2, 0.25) is 0 Å². The SMILES string of the molecule is CCCOc1cnc(OC(=O)CC(C)CC)nc1-c1ccccc1. The lowest BCUT2D eigenvalue weighted by Gasteiger charge is -2.12. The van der Waals surface area contributed by atoms with Gasteiger partial charge < -0.3 is 9.47 Å². The number of nitrogens with zero attached hydrogens (tertiary/aromatic N) is 2. The van der Waals surface area contributed by atoms with Crippen molar-refractivity contribution in [1.29, 1.82) is 0 Å². The first-order chi connectivity index (χ1) is 11.6. The van der Waals surface area contributed by atoms with E-state index in [1.807, 2.05) is 51.1 Å². The van der Waals surface area contributed by atoms with Gasteiger partial charge in [0.25, 0.3) is 0 Å². The molecule has 0 bridgehead atoms. The Morgan fingerprint density at radius 1 is 1.21 bits per heavy atom. The van der Waals surface area contributed by atoms with Gasteiger partial charge >= 0.3 is 12.0 Å². The third kappa shape index (κ3) is 5.05. The Hall–Kier alpha value is -2.43. The number of carbonyl (C=O) groups is 1. The zero-order valence-corrected chi connectivity index (χ0v) is 14.5. The van der Waals surface area contributed by atoms with Gasteiger partial charge in [-0.25, -0.2) is 0 Å². The van der Waals surface area contributed by atoms with Crippen LogP contribution in [0.3, 0.4) is 0 Å². The summed E-state index contributed by atoms with van der Waals surface area (Å²) in [5.74, 6) is 0.550. The summed E-state index contributed by atoms with van der Waals surface area (Å²) in [6.07, 6.45) is 3.74. The third-order valence-corrected chi connectivity index (χ3v) is 3.66. The first-order valence-electron chi connectivity index (χ1n) is 8.40. The molecule has 1 aromatic heterocycles. The van der Waals surface area contributed by atoms with Gasteiger partial charge in [0.15, 0.2) is 5.75 Å². The number of rotatable bonds is 8. The fourth-order valence-electron chi connectivity index (χ4n) is 2.10. The topological polar surface area (TPSA) is 61.3 Å². The lowest BCUT2D eigenvalue weighted by molar-refractivity contribution is -0.135. The van der Waals surface area contributed by atoms with E-state index in [0.29, 0.717) is 24.5 Å². The van der Waals surface area contributed by atoms with Crippen LogP contribution in [0.25, 0.3) is 11.3 Å². The van der Waals surface area contributed by atoms with Crippen molar-refractivity contribution in [1.82, 2.24) is 9.97 Å². The normalized spacial score (nSPS) is 11.8. The summed E-state index contributed by atoms with van der Waals surface area (Å²) in [5.41, 5.74) is 1.52. The minimum Gasteiger partial charge on any atom is -0.490 e. The Kier molecular flexibility index (Phi) is 6.73. The number of carbonyl (C=O) groups excluding carboxylic acids is 1. The number of benzene rings is 1. The molecule has 1 atom stereocenters. The van der Waals surface area contributed by atoms with E-state index >= 15 is 0 Å². The average molecular weight is 328 g/mol. The van der Waals surface area contributed by atoms with E-state index in [9.17, 15) is 4.79 Å². The summed E-state index contributed by atoms with van der Waals surface area (Å²) in [6.45, 7) is 6.67. The van der Waals surface area contributed by atoms with Crippen LogP contribution < -0.4 is 9.47 Å². The Balaban J connectivity index is 2.24. The van der Waals surface area contributed by atoms with Gasteiger partial charge in [-0.15, -0.1) is 0 Å². The molecule has 1 heterocycles. The highest BCUT2D eigenvalue weighted by molar-refractivity contribution is 5.72. The molecule has 0 saturated carbocycles. The second kappa shape index (κ2) is 9.01. The first kappa shape index (κ1) is 17.9. The van der Waals surface area contributed by atoms with Gasteiger partial charge in [-0.05, 0) is 12.3 Å². The second-order valence-corrected chi connectivity index (χ2v) is 5.77. The number of aromatic nitrogens is 2. The van der Waals surface area contributed by atoms with Crippen LogP contribution >= 0.6 is 0 Å². The molecular formula is C19H24N2O3. The third-order valence-electron chi connectivity index (χ3n) is 3.66. The molecule has 0 radical (unpaired) electrons. The van der Waals surface area contributed by atoms with Crippen LogP contribution in [0, 0.1) is 5.92 Å². The van der Waals surface area contributed by atoms with Gasteiger partial charge in [0.1, 0.15) is 5.69 Å². The maximum Gasteiger partial charge on any atom is 0.325 e. The summed E-state index contributed by atoms with van der Waals surface area (Å²) in [6, 6.07) is 9.72. The summed E-state index contributed by atoms with van der Waals surface area (Å²) >= 11 is 0. The lowest BCUT2D eigenvalue weighted by atomic mass is 10.1. The largest absolute Gasteiger partial charge is 0.490 e. The molecule has 0 N–H and O–H groups in total. The van der Waals surface area contributed by atoms with Crippen molar-refractivity contribution in [3.8, 4) is 23.0 Å². The van der Waals surface area contributed by atoms with E-state index in [-0.39, 0.29) is 17.9 Å². The Labute approximate surface area is 143 Å². The van der Waals surface area contributed by atoms with Crippen molar-refractivity contribution < 1.29 is 14.3 Å². The van der Waals surface area contributed by atoms with Gasteiger partial charge in [-0.3, -0.25) is 4.79 Å². The van der Waals surface area contributed by atoms with Crippen molar-refractivity contribution in [3.05, 3.63) is 36.5 Å². The summed E-state index contributed by atoms with van der Waals surface area (Å²) in [4.78, 5) is 20.5. The molecule has 0 aliphatic rings. The Morgan fingerprint density at radius 2 is 1.96 bits per heavy atom. The number of ether oxygens (including phenoxy) is 2. The second-order valence-electron chi connectivity index (χ2n) is 5.77. The first-order valence-corrected chi connectivity index (χ1v) is 8.40. The predicted molar refractivity (Wildman–Crippen MR) is 93.0 cm³/mol. The molecule has 1 aromatic carbocycles.